The topological polar surface area (TPSA) is 38.8 Å². The van der Waals surface area contributed by atoms with Crippen LogP contribution in [0.2, 0.25) is 0 Å². The molecule has 7 heteroatoms. The second-order valence-corrected chi connectivity index (χ2v) is 6.71. The molecule has 4 nitrogen and oxygen atoms in total. The van der Waals surface area contributed by atoms with Crippen molar-refractivity contribution >= 4 is 51.3 Å². The second kappa shape index (κ2) is 6.29. The molecule has 1 aromatic carbocycles. The predicted octanol–water partition coefficient (Wildman–Crippen LogP) is 2.69. The fraction of sp³-hybridized carbons (Fsp3) is 0.357. The molecule has 2 heterocycles. The van der Waals surface area contributed by atoms with E-state index in [2.05, 4.69) is 0 Å². The summed E-state index contributed by atoms with van der Waals surface area (Å²) in [6.07, 6.45) is 0.375. The third kappa shape index (κ3) is 3.20. The molecule has 0 aliphatic carbocycles. The lowest BCUT2D eigenvalue weighted by atomic mass is 10.1. The minimum Gasteiger partial charge on any atom is -0.486 e. The zero-order valence-corrected chi connectivity index (χ0v) is 13.6. The number of ketones is 1. The largest absolute Gasteiger partial charge is 0.486 e. The van der Waals surface area contributed by atoms with Crippen LogP contribution in [0.5, 0.6) is 11.5 Å². The summed E-state index contributed by atoms with van der Waals surface area (Å²) in [5.74, 6) is 2.12. The number of rotatable bonds is 4. The molecule has 0 atom stereocenters. The standard InChI is InChI=1S/C14H13NO3S3/c16-10(3-4-15-13(19)8-21-14(15)20)9-1-2-11-12(7-9)18-6-5-17-11/h1-2,7H,3-6,8H2. The van der Waals surface area contributed by atoms with E-state index < -0.39 is 0 Å². The minimum absolute atomic E-state index is 0.0504. The van der Waals surface area contributed by atoms with Gasteiger partial charge in [0.05, 0.1) is 10.7 Å². The van der Waals surface area contributed by atoms with Gasteiger partial charge >= 0.3 is 0 Å². The third-order valence-corrected chi connectivity index (χ3v) is 5.27. The van der Waals surface area contributed by atoms with Gasteiger partial charge in [0.25, 0.3) is 0 Å². The third-order valence-electron chi connectivity index (χ3n) is 3.27. The summed E-state index contributed by atoms with van der Waals surface area (Å²) in [5.41, 5.74) is 0.628. The number of carbonyl (C=O) groups is 1. The Morgan fingerprint density at radius 3 is 2.71 bits per heavy atom. The maximum Gasteiger partial charge on any atom is 0.164 e. The molecule has 3 rings (SSSR count). The van der Waals surface area contributed by atoms with E-state index in [1.165, 1.54) is 0 Å². The zero-order valence-electron chi connectivity index (χ0n) is 11.2. The van der Waals surface area contributed by atoms with Gasteiger partial charge < -0.3 is 14.4 Å². The predicted molar refractivity (Wildman–Crippen MR) is 90.7 cm³/mol. The molecule has 2 aliphatic rings. The van der Waals surface area contributed by atoms with Gasteiger partial charge in [0.1, 0.15) is 17.5 Å². The minimum atomic E-state index is 0.0504. The van der Waals surface area contributed by atoms with E-state index in [9.17, 15) is 4.79 Å². The molecule has 0 aromatic heterocycles. The number of ether oxygens (including phenoxy) is 2. The van der Waals surface area contributed by atoms with Gasteiger partial charge in [-0.2, -0.15) is 0 Å². The Morgan fingerprint density at radius 1 is 1.24 bits per heavy atom. The van der Waals surface area contributed by atoms with Crippen LogP contribution < -0.4 is 9.47 Å². The van der Waals surface area contributed by atoms with E-state index >= 15 is 0 Å². The highest BCUT2D eigenvalue weighted by atomic mass is 32.2. The summed E-state index contributed by atoms with van der Waals surface area (Å²) in [7, 11) is 0. The molecule has 2 aliphatic heterocycles. The average Bonchev–Trinajstić information content (AvgIpc) is 2.83. The Bertz CT molecular complexity index is 601. The van der Waals surface area contributed by atoms with Crippen molar-refractivity contribution in [2.75, 3.05) is 25.5 Å². The molecule has 0 bridgehead atoms. The molecular weight excluding hydrogens is 326 g/mol. The van der Waals surface area contributed by atoms with Crippen molar-refractivity contribution < 1.29 is 14.3 Å². The molecule has 0 radical (unpaired) electrons. The van der Waals surface area contributed by atoms with Crippen molar-refractivity contribution in [3.63, 3.8) is 0 Å². The van der Waals surface area contributed by atoms with Gasteiger partial charge in [-0.1, -0.05) is 36.2 Å². The highest BCUT2D eigenvalue weighted by Crippen LogP contribution is 2.31. The van der Waals surface area contributed by atoms with Crippen molar-refractivity contribution in [2.45, 2.75) is 6.42 Å². The van der Waals surface area contributed by atoms with Gasteiger partial charge in [-0.05, 0) is 18.2 Å². The van der Waals surface area contributed by atoms with Gasteiger partial charge in [-0.15, -0.1) is 0 Å². The van der Waals surface area contributed by atoms with E-state index in [1.54, 1.807) is 30.0 Å². The second-order valence-electron chi connectivity index (χ2n) is 4.63. The summed E-state index contributed by atoms with van der Waals surface area (Å²) in [5, 5.41) is 0. The fourth-order valence-corrected chi connectivity index (χ4v) is 3.78. The number of hydrogen-bond acceptors (Lipinski definition) is 6. The van der Waals surface area contributed by atoms with Crippen LogP contribution in [0.4, 0.5) is 0 Å². The van der Waals surface area contributed by atoms with Gasteiger partial charge in [0, 0.05) is 18.5 Å². The highest BCUT2D eigenvalue weighted by molar-refractivity contribution is 8.24. The van der Waals surface area contributed by atoms with Crippen LogP contribution in [0, 0.1) is 0 Å². The number of thioether (sulfide) groups is 1. The van der Waals surface area contributed by atoms with Crippen LogP contribution in [0.1, 0.15) is 16.8 Å². The van der Waals surface area contributed by atoms with Crippen molar-refractivity contribution in [1.82, 2.24) is 4.90 Å². The van der Waals surface area contributed by atoms with E-state index in [1.807, 2.05) is 4.90 Å². The van der Waals surface area contributed by atoms with E-state index in [-0.39, 0.29) is 5.78 Å². The quantitative estimate of drug-likeness (QED) is 0.617. The molecule has 21 heavy (non-hydrogen) atoms. The Balaban J connectivity index is 1.65. The molecule has 110 valence electrons. The first-order valence-electron chi connectivity index (χ1n) is 6.55. The maximum absolute atomic E-state index is 12.3. The zero-order chi connectivity index (χ0) is 14.8. The lowest BCUT2D eigenvalue weighted by Gasteiger charge is -2.19. The Morgan fingerprint density at radius 2 is 2.00 bits per heavy atom. The molecule has 0 amide bonds. The van der Waals surface area contributed by atoms with E-state index in [4.69, 9.17) is 33.9 Å². The molecular formula is C14H13NO3S3. The van der Waals surface area contributed by atoms with Crippen LogP contribution in [0.15, 0.2) is 18.2 Å². The molecule has 0 saturated carbocycles. The molecule has 0 unspecified atom stereocenters. The fourth-order valence-electron chi connectivity index (χ4n) is 2.17. The van der Waals surface area contributed by atoms with Gasteiger partial charge in [0.15, 0.2) is 17.3 Å². The van der Waals surface area contributed by atoms with Crippen LogP contribution >= 0.6 is 36.2 Å². The van der Waals surface area contributed by atoms with Crippen molar-refractivity contribution in [1.29, 1.82) is 0 Å². The van der Waals surface area contributed by atoms with Crippen molar-refractivity contribution in [3.05, 3.63) is 23.8 Å². The Hall–Kier alpha value is -1.18. The lowest BCUT2D eigenvalue weighted by molar-refractivity contribution is 0.0978. The first-order valence-corrected chi connectivity index (χ1v) is 8.35. The van der Waals surface area contributed by atoms with E-state index in [0.717, 1.165) is 15.1 Å². The number of hydrogen-bond donors (Lipinski definition) is 0. The first-order chi connectivity index (χ1) is 10.1. The molecule has 1 aromatic rings. The number of benzene rings is 1. The number of carbonyl (C=O) groups excluding carboxylic acids is 1. The van der Waals surface area contributed by atoms with Crippen LogP contribution in [0.3, 0.4) is 0 Å². The van der Waals surface area contributed by atoms with Gasteiger partial charge in [-0.3, -0.25) is 4.79 Å². The molecule has 0 N–H and O–H groups in total. The number of fused-ring (bicyclic) bond motifs is 1. The van der Waals surface area contributed by atoms with Crippen LogP contribution in [-0.2, 0) is 0 Å². The lowest BCUT2D eigenvalue weighted by Crippen LogP contribution is -2.29. The maximum atomic E-state index is 12.3. The summed E-state index contributed by atoms with van der Waals surface area (Å²) < 4.78 is 11.7. The number of thiocarbonyl (C=S) groups is 2. The molecule has 0 spiro atoms. The Labute approximate surface area is 137 Å². The average molecular weight is 339 g/mol. The van der Waals surface area contributed by atoms with Crippen LogP contribution in [-0.4, -0.2) is 45.5 Å². The van der Waals surface area contributed by atoms with Crippen LogP contribution in [0.25, 0.3) is 0 Å². The van der Waals surface area contributed by atoms with Gasteiger partial charge in [-0.25, -0.2) is 0 Å². The molecule has 1 saturated heterocycles. The summed E-state index contributed by atoms with van der Waals surface area (Å²) in [4.78, 5) is 15.0. The summed E-state index contributed by atoms with van der Waals surface area (Å²) >= 11 is 12.0. The van der Waals surface area contributed by atoms with Crippen molar-refractivity contribution in [2.24, 2.45) is 0 Å². The monoisotopic (exact) mass is 339 g/mol. The highest BCUT2D eigenvalue weighted by Gasteiger charge is 2.24. The summed E-state index contributed by atoms with van der Waals surface area (Å²) in [6.45, 7) is 1.60. The van der Waals surface area contributed by atoms with Gasteiger partial charge in [0.2, 0.25) is 0 Å². The number of Topliss-reactive ketones (excluding diaryl/α,β-unsaturated/α-hetero) is 1. The SMILES string of the molecule is O=C(CCN1C(=S)CSC1=S)c1ccc2c(c1)OCCO2. The normalized spacial score (nSPS) is 17.2. The smallest absolute Gasteiger partial charge is 0.164 e. The van der Waals surface area contributed by atoms with Crippen molar-refractivity contribution in [3.8, 4) is 11.5 Å². The van der Waals surface area contributed by atoms with E-state index in [0.29, 0.717) is 43.2 Å². The Kier molecular flexibility index (Phi) is 4.42. The first kappa shape index (κ1) is 14.7. The number of nitrogens with zero attached hydrogens (tertiary/aromatic N) is 1. The molecule has 1 fully saturated rings. The summed E-state index contributed by atoms with van der Waals surface area (Å²) in [6, 6.07) is 5.29.